The van der Waals surface area contributed by atoms with Gasteiger partial charge in [-0.25, -0.2) is 4.98 Å². The maximum Gasteiger partial charge on any atom is 0.251 e. The van der Waals surface area contributed by atoms with Crippen LogP contribution >= 0.6 is 0 Å². The largest absolute Gasteiger partial charge is 0.497 e. The molecule has 1 atom stereocenters. The van der Waals surface area contributed by atoms with Gasteiger partial charge < -0.3 is 20.4 Å². The molecule has 0 bridgehead atoms. The van der Waals surface area contributed by atoms with Crippen LogP contribution in [0, 0.1) is 6.92 Å². The topological polar surface area (TPSA) is 113 Å². The predicted octanol–water partition coefficient (Wildman–Crippen LogP) is 0.872. The molecule has 26 heavy (non-hydrogen) atoms. The van der Waals surface area contributed by atoms with Gasteiger partial charge in [0.2, 0.25) is 11.8 Å². The fourth-order valence-corrected chi connectivity index (χ4v) is 2.99. The van der Waals surface area contributed by atoms with E-state index in [2.05, 4.69) is 20.6 Å². The number of fused-ring (bicyclic) bond motifs is 1. The van der Waals surface area contributed by atoms with Crippen LogP contribution in [-0.4, -0.2) is 35.4 Å². The molecule has 2 heterocycles. The molecule has 2 amide bonds. The summed E-state index contributed by atoms with van der Waals surface area (Å²) in [5.74, 6) is 0.105. The highest BCUT2D eigenvalue weighted by atomic mass is 16.5. The molecule has 1 unspecified atom stereocenters. The number of benzene rings is 1. The molecule has 0 aliphatic carbocycles. The molecule has 1 aromatic carbocycles. The normalized spacial score (nSPS) is 15.8. The molecule has 1 aliphatic heterocycles. The van der Waals surface area contributed by atoms with Crippen molar-refractivity contribution in [2.24, 2.45) is 0 Å². The lowest BCUT2D eigenvalue weighted by molar-refractivity contribution is -0.126. The van der Waals surface area contributed by atoms with Crippen molar-refractivity contribution in [3.63, 3.8) is 0 Å². The van der Waals surface area contributed by atoms with Crippen LogP contribution in [0.2, 0.25) is 0 Å². The number of H-pyrrole nitrogens is 1. The van der Waals surface area contributed by atoms with Gasteiger partial charge in [0.25, 0.3) is 5.56 Å². The van der Waals surface area contributed by atoms with Crippen molar-refractivity contribution in [1.82, 2.24) is 15.3 Å². The van der Waals surface area contributed by atoms with Crippen LogP contribution in [0.5, 0.6) is 5.75 Å². The molecule has 0 spiro atoms. The quantitative estimate of drug-likeness (QED) is 0.736. The first kappa shape index (κ1) is 17.7. The van der Waals surface area contributed by atoms with E-state index in [9.17, 15) is 14.4 Å². The number of hydrogen-bond donors (Lipinski definition) is 3. The molecule has 8 nitrogen and oxygen atoms in total. The summed E-state index contributed by atoms with van der Waals surface area (Å²) < 4.78 is 5.21. The number of carbonyl (C=O) groups excluding carboxylic acids is 2. The highest BCUT2D eigenvalue weighted by molar-refractivity contribution is 6.01. The van der Waals surface area contributed by atoms with E-state index in [1.807, 2.05) is 0 Å². The van der Waals surface area contributed by atoms with E-state index in [0.29, 0.717) is 35.9 Å². The van der Waals surface area contributed by atoms with Crippen LogP contribution in [-0.2, 0) is 16.0 Å². The van der Waals surface area contributed by atoms with Gasteiger partial charge in [0, 0.05) is 36.8 Å². The summed E-state index contributed by atoms with van der Waals surface area (Å²) in [7, 11) is 1.55. The van der Waals surface area contributed by atoms with Crippen molar-refractivity contribution >= 4 is 17.5 Å². The fraction of sp³-hybridized carbons (Fsp3) is 0.333. The Morgan fingerprint density at radius 3 is 2.88 bits per heavy atom. The summed E-state index contributed by atoms with van der Waals surface area (Å²) >= 11 is 0. The number of aromatic amines is 1. The minimum absolute atomic E-state index is 0.0749. The molecular weight excluding hydrogens is 336 g/mol. The summed E-state index contributed by atoms with van der Waals surface area (Å²) in [6.07, 6.45) is 0.470. The Balaban J connectivity index is 1.70. The lowest BCUT2D eigenvalue weighted by atomic mass is 9.89. The molecule has 3 N–H and O–H groups in total. The first-order chi connectivity index (χ1) is 12.5. The summed E-state index contributed by atoms with van der Waals surface area (Å²) in [4.78, 5) is 42.8. The first-order valence-electron chi connectivity index (χ1n) is 8.28. The monoisotopic (exact) mass is 356 g/mol. The average molecular weight is 356 g/mol. The minimum atomic E-state index is -0.585. The van der Waals surface area contributed by atoms with Crippen molar-refractivity contribution in [1.29, 1.82) is 0 Å². The van der Waals surface area contributed by atoms with E-state index < -0.39 is 5.92 Å². The number of aryl methyl sites for hydroxylation is 1. The maximum absolute atomic E-state index is 12.6. The third kappa shape index (κ3) is 3.90. The molecule has 1 aliphatic rings. The van der Waals surface area contributed by atoms with Gasteiger partial charge in [-0.1, -0.05) is 0 Å². The van der Waals surface area contributed by atoms with Crippen molar-refractivity contribution in [2.75, 3.05) is 19.0 Å². The first-order valence-corrected chi connectivity index (χ1v) is 8.28. The zero-order chi connectivity index (χ0) is 18.7. The Hall–Kier alpha value is -3.16. The van der Waals surface area contributed by atoms with Gasteiger partial charge in [0.15, 0.2) is 0 Å². The Kier molecular flexibility index (Phi) is 5.01. The molecule has 0 saturated heterocycles. The van der Waals surface area contributed by atoms with Crippen molar-refractivity contribution < 1.29 is 14.3 Å². The van der Waals surface area contributed by atoms with Crippen molar-refractivity contribution in [3.05, 3.63) is 51.7 Å². The Morgan fingerprint density at radius 2 is 2.15 bits per heavy atom. The highest BCUT2D eigenvalue weighted by Crippen LogP contribution is 2.34. The van der Waals surface area contributed by atoms with E-state index >= 15 is 0 Å². The van der Waals surface area contributed by atoms with Crippen LogP contribution < -0.4 is 20.9 Å². The zero-order valence-electron chi connectivity index (χ0n) is 14.6. The Labute approximate surface area is 150 Å². The van der Waals surface area contributed by atoms with Gasteiger partial charge in [0.05, 0.1) is 13.0 Å². The number of carbonyl (C=O) groups is 2. The molecule has 0 fully saturated rings. The van der Waals surface area contributed by atoms with Gasteiger partial charge in [0.1, 0.15) is 11.6 Å². The van der Waals surface area contributed by atoms with Crippen molar-refractivity contribution in [3.8, 4) is 5.75 Å². The van der Waals surface area contributed by atoms with E-state index in [-0.39, 0.29) is 23.8 Å². The lowest BCUT2D eigenvalue weighted by Crippen LogP contribution is -2.36. The van der Waals surface area contributed by atoms with Crippen molar-refractivity contribution in [2.45, 2.75) is 25.7 Å². The number of amides is 2. The predicted molar refractivity (Wildman–Crippen MR) is 95.3 cm³/mol. The minimum Gasteiger partial charge on any atom is -0.497 e. The number of nitrogens with zero attached hydrogens (tertiary/aromatic N) is 1. The Morgan fingerprint density at radius 1 is 1.35 bits per heavy atom. The van der Waals surface area contributed by atoms with E-state index in [1.54, 1.807) is 32.2 Å². The second-order valence-electron chi connectivity index (χ2n) is 6.13. The SMILES string of the molecule is COc1ccc2c(c1)C(C(=O)NCCc1nc(C)cc(=O)[nH]1)CC(=O)N2. The number of anilines is 1. The summed E-state index contributed by atoms with van der Waals surface area (Å²) in [6, 6.07) is 6.64. The van der Waals surface area contributed by atoms with Gasteiger partial charge in [-0.2, -0.15) is 0 Å². The molecule has 2 aromatic rings. The van der Waals surface area contributed by atoms with Gasteiger partial charge >= 0.3 is 0 Å². The van der Waals surface area contributed by atoms with Gasteiger partial charge in [-0.15, -0.1) is 0 Å². The second kappa shape index (κ2) is 7.38. The lowest BCUT2D eigenvalue weighted by Gasteiger charge is -2.25. The van der Waals surface area contributed by atoms with E-state index in [0.717, 1.165) is 5.56 Å². The molecule has 0 saturated carbocycles. The molecule has 3 rings (SSSR count). The fourth-order valence-electron chi connectivity index (χ4n) is 2.99. The van der Waals surface area contributed by atoms with Gasteiger partial charge in [-0.3, -0.25) is 14.4 Å². The van der Waals surface area contributed by atoms with Crippen LogP contribution in [0.25, 0.3) is 0 Å². The number of rotatable bonds is 5. The highest BCUT2D eigenvalue weighted by Gasteiger charge is 2.30. The van der Waals surface area contributed by atoms with Crippen LogP contribution in [0.1, 0.15) is 29.4 Å². The van der Waals surface area contributed by atoms with Crippen LogP contribution in [0.15, 0.2) is 29.1 Å². The third-order valence-electron chi connectivity index (χ3n) is 4.19. The molecule has 136 valence electrons. The Bertz CT molecular complexity index is 906. The average Bonchev–Trinajstić information content (AvgIpc) is 2.59. The van der Waals surface area contributed by atoms with Crippen LogP contribution in [0.4, 0.5) is 5.69 Å². The number of ether oxygens (including phenoxy) is 1. The zero-order valence-corrected chi connectivity index (χ0v) is 14.6. The molecular formula is C18H20N4O4. The number of aromatic nitrogens is 2. The smallest absolute Gasteiger partial charge is 0.251 e. The maximum atomic E-state index is 12.6. The summed E-state index contributed by atoms with van der Waals surface area (Å²) in [6.45, 7) is 2.05. The standard InChI is InChI=1S/C18H20N4O4/c1-10-7-16(23)22-15(20-10)5-6-19-18(25)13-9-17(24)21-14-4-3-11(26-2)8-12(13)14/h3-4,7-8,13H,5-6,9H2,1-2H3,(H,19,25)(H,21,24)(H,20,22,23). The second-order valence-corrected chi connectivity index (χ2v) is 6.13. The number of nitrogens with one attached hydrogen (secondary N) is 3. The van der Waals surface area contributed by atoms with Crippen LogP contribution in [0.3, 0.4) is 0 Å². The third-order valence-corrected chi connectivity index (χ3v) is 4.19. The van der Waals surface area contributed by atoms with E-state index in [1.165, 1.54) is 6.07 Å². The molecule has 1 aromatic heterocycles. The summed E-state index contributed by atoms with van der Waals surface area (Å²) in [5.41, 5.74) is 1.75. The van der Waals surface area contributed by atoms with Gasteiger partial charge in [-0.05, 0) is 30.7 Å². The van der Waals surface area contributed by atoms with E-state index in [4.69, 9.17) is 4.74 Å². The molecule has 0 radical (unpaired) electrons. The molecule has 8 heteroatoms. The summed E-state index contributed by atoms with van der Waals surface area (Å²) in [5, 5.41) is 5.58. The number of hydrogen-bond acceptors (Lipinski definition) is 5. The number of methoxy groups -OCH3 is 1.